The lowest BCUT2D eigenvalue weighted by Gasteiger charge is -2.09. The minimum Gasteiger partial charge on any atom is -0.496 e. The Morgan fingerprint density at radius 1 is 1.10 bits per heavy atom. The molecule has 0 aliphatic heterocycles. The zero-order valence-electron chi connectivity index (χ0n) is 11.3. The van der Waals surface area contributed by atoms with Crippen LogP contribution in [0.5, 0.6) is 5.75 Å². The number of aryl methyl sites for hydroxylation is 1. The van der Waals surface area contributed by atoms with E-state index in [0.717, 1.165) is 21.2 Å². The number of carbonyl (C=O) groups is 1. The zero-order valence-corrected chi connectivity index (χ0v) is 12.2. The van der Waals surface area contributed by atoms with Gasteiger partial charge in [-0.1, -0.05) is 18.2 Å². The van der Waals surface area contributed by atoms with E-state index in [0.29, 0.717) is 11.3 Å². The number of hydrogen-bond acceptors (Lipinski definition) is 3. The summed E-state index contributed by atoms with van der Waals surface area (Å²) < 4.78 is 6.37. The summed E-state index contributed by atoms with van der Waals surface area (Å²) in [5, 5.41) is 3.11. The topological polar surface area (TPSA) is 26.3 Å². The lowest BCUT2D eigenvalue weighted by atomic mass is 10.00. The highest BCUT2D eigenvalue weighted by Crippen LogP contribution is 2.29. The Bertz CT molecular complexity index is 787. The molecule has 2 nitrogen and oxygen atoms in total. The van der Waals surface area contributed by atoms with Crippen molar-refractivity contribution < 1.29 is 9.53 Å². The van der Waals surface area contributed by atoms with Crippen molar-refractivity contribution in [2.45, 2.75) is 6.92 Å². The van der Waals surface area contributed by atoms with E-state index < -0.39 is 0 Å². The minimum atomic E-state index is 0.00917. The van der Waals surface area contributed by atoms with Crippen molar-refractivity contribution in [3.8, 4) is 5.75 Å². The van der Waals surface area contributed by atoms with E-state index in [1.165, 1.54) is 0 Å². The van der Waals surface area contributed by atoms with Crippen LogP contribution in [0.25, 0.3) is 10.1 Å². The molecule has 0 radical (unpaired) electrons. The van der Waals surface area contributed by atoms with Gasteiger partial charge in [-0.2, -0.15) is 0 Å². The van der Waals surface area contributed by atoms with Crippen LogP contribution in [0.15, 0.2) is 47.8 Å². The first-order valence-electron chi connectivity index (χ1n) is 6.36. The van der Waals surface area contributed by atoms with E-state index in [2.05, 4.69) is 0 Å². The normalized spacial score (nSPS) is 10.7. The molecule has 3 heteroatoms. The van der Waals surface area contributed by atoms with Gasteiger partial charge in [-0.3, -0.25) is 4.79 Å². The Kier molecular flexibility index (Phi) is 3.28. The number of thiophene rings is 1. The Labute approximate surface area is 121 Å². The number of hydrogen-bond donors (Lipinski definition) is 0. The van der Waals surface area contributed by atoms with Crippen LogP contribution in [-0.4, -0.2) is 12.9 Å². The second-order valence-corrected chi connectivity index (χ2v) is 5.59. The van der Waals surface area contributed by atoms with Crippen molar-refractivity contribution in [3.05, 3.63) is 64.5 Å². The van der Waals surface area contributed by atoms with Gasteiger partial charge < -0.3 is 4.74 Å². The summed E-state index contributed by atoms with van der Waals surface area (Å²) in [6, 6.07) is 13.5. The summed E-state index contributed by atoms with van der Waals surface area (Å²) in [5.74, 6) is 0.637. The fraction of sp³-hybridized carbons (Fsp3) is 0.118. The summed E-state index contributed by atoms with van der Waals surface area (Å²) >= 11 is 1.59. The number of benzene rings is 2. The predicted molar refractivity (Wildman–Crippen MR) is 83.0 cm³/mol. The van der Waals surface area contributed by atoms with E-state index >= 15 is 0 Å². The van der Waals surface area contributed by atoms with Gasteiger partial charge in [-0.25, -0.2) is 0 Å². The van der Waals surface area contributed by atoms with Gasteiger partial charge in [0.25, 0.3) is 0 Å². The average molecular weight is 282 g/mol. The molecule has 0 amide bonds. The van der Waals surface area contributed by atoms with Crippen molar-refractivity contribution in [2.75, 3.05) is 7.11 Å². The van der Waals surface area contributed by atoms with Crippen molar-refractivity contribution in [1.29, 1.82) is 0 Å². The van der Waals surface area contributed by atoms with Gasteiger partial charge in [0.1, 0.15) is 5.75 Å². The summed E-state index contributed by atoms with van der Waals surface area (Å²) in [4.78, 5) is 12.8. The van der Waals surface area contributed by atoms with Crippen LogP contribution in [0, 0.1) is 6.92 Å². The number of fused-ring (bicyclic) bond motifs is 1. The van der Waals surface area contributed by atoms with E-state index in [4.69, 9.17) is 4.74 Å². The Morgan fingerprint density at radius 3 is 2.75 bits per heavy atom. The van der Waals surface area contributed by atoms with Gasteiger partial charge in [-0.15, -0.1) is 11.3 Å². The van der Waals surface area contributed by atoms with Gasteiger partial charge in [0.15, 0.2) is 5.78 Å². The third-order valence-corrected chi connectivity index (χ3v) is 4.29. The first-order chi connectivity index (χ1) is 9.70. The molecule has 1 heterocycles. The first kappa shape index (κ1) is 12.9. The molecule has 0 fully saturated rings. The average Bonchev–Trinajstić information content (AvgIpc) is 2.94. The van der Waals surface area contributed by atoms with Crippen LogP contribution in [0.3, 0.4) is 0 Å². The van der Waals surface area contributed by atoms with E-state index in [-0.39, 0.29) is 5.78 Å². The Hall–Kier alpha value is -2.13. The van der Waals surface area contributed by atoms with E-state index in [1.54, 1.807) is 18.4 Å². The lowest BCUT2D eigenvalue weighted by Crippen LogP contribution is -2.04. The van der Waals surface area contributed by atoms with Crippen molar-refractivity contribution in [1.82, 2.24) is 0 Å². The summed E-state index contributed by atoms with van der Waals surface area (Å²) in [7, 11) is 1.59. The third kappa shape index (κ3) is 2.10. The fourth-order valence-corrected chi connectivity index (χ4v) is 3.21. The second-order valence-electron chi connectivity index (χ2n) is 4.68. The molecule has 0 unspecified atom stereocenters. The maximum Gasteiger partial charge on any atom is 0.198 e. The molecule has 0 aliphatic rings. The number of ether oxygens (including phenoxy) is 1. The number of methoxy groups -OCH3 is 1. The van der Waals surface area contributed by atoms with Crippen LogP contribution in [-0.2, 0) is 0 Å². The highest BCUT2D eigenvalue weighted by atomic mass is 32.1. The fourth-order valence-electron chi connectivity index (χ4n) is 2.30. The SMILES string of the molecule is COc1cc(C)ccc1C(=O)c1cccc2ccsc12. The first-order valence-corrected chi connectivity index (χ1v) is 7.24. The van der Waals surface area contributed by atoms with Crippen LogP contribution in [0.4, 0.5) is 0 Å². The van der Waals surface area contributed by atoms with Crippen molar-refractivity contribution in [3.63, 3.8) is 0 Å². The molecule has 0 spiro atoms. The Balaban J connectivity index is 2.15. The molecule has 3 aromatic rings. The molecule has 20 heavy (non-hydrogen) atoms. The highest BCUT2D eigenvalue weighted by molar-refractivity contribution is 7.17. The number of ketones is 1. The van der Waals surface area contributed by atoms with Gasteiger partial charge in [0, 0.05) is 10.3 Å². The van der Waals surface area contributed by atoms with Crippen molar-refractivity contribution >= 4 is 27.2 Å². The van der Waals surface area contributed by atoms with Crippen LogP contribution >= 0.6 is 11.3 Å². The summed E-state index contributed by atoms with van der Waals surface area (Å²) in [6.07, 6.45) is 0. The molecule has 0 aliphatic carbocycles. The zero-order chi connectivity index (χ0) is 14.1. The standard InChI is InChI=1S/C17H14O2S/c1-11-6-7-13(15(10-11)19-2)16(18)14-5-3-4-12-8-9-20-17(12)14/h3-10H,1-2H3. The Morgan fingerprint density at radius 2 is 1.95 bits per heavy atom. The third-order valence-electron chi connectivity index (χ3n) is 3.33. The molecule has 0 saturated carbocycles. The van der Waals surface area contributed by atoms with E-state index in [1.807, 2.05) is 54.8 Å². The molecule has 2 aromatic carbocycles. The molecule has 0 bridgehead atoms. The van der Waals surface area contributed by atoms with Crippen LogP contribution in [0.2, 0.25) is 0 Å². The van der Waals surface area contributed by atoms with E-state index in [9.17, 15) is 4.79 Å². The summed E-state index contributed by atoms with van der Waals surface area (Å²) in [6.45, 7) is 1.98. The van der Waals surface area contributed by atoms with Gasteiger partial charge >= 0.3 is 0 Å². The van der Waals surface area contributed by atoms with Gasteiger partial charge in [0.05, 0.1) is 12.7 Å². The monoisotopic (exact) mass is 282 g/mol. The predicted octanol–water partition coefficient (Wildman–Crippen LogP) is 4.45. The van der Waals surface area contributed by atoms with Gasteiger partial charge in [0.2, 0.25) is 0 Å². The lowest BCUT2D eigenvalue weighted by molar-refractivity contribution is 0.103. The summed E-state index contributed by atoms with van der Waals surface area (Å²) in [5.41, 5.74) is 2.42. The van der Waals surface area contributed by atoms with Gasteiger partial charge in [-0.05, 0) is 47.5 Å². The van der Waals surface area contributed by atoms with Crippen molar-refractivity contribution in [2.24, 2.45) is 0 Å². The maximum absolute atomic E-state index is 12.8. The highest BCUT2D eigenvalue weighted by Gasteiger charge is 2.17. The second kappa shape index (κ2) is 5.10. The quantitative estimate of drug-likeness (QED) is 0.663. The molecule has 3 rings (SSSR count). The maximum atomic E-state index is 12.8. The molecule has 0 atom stereocenters. The minimum absolute atomic E-state index is 0.00917. The smallest absolute Gasteiger partial charge is 0.198 e. The molecular weight excluding hydrogens is 268 g/mol. The van der Waals surface area contributed by atoms with Crippen LogP contribution in [0.1, 0.15) is 21.5 Å². The molecule has 0 N–H and O–H groups in total. The number of carbonyl (C=O) groups excluding carboxylic acids is 1. The number of rotatable bonds is 3. The molecule has 0 saturated heterocycles. The van der Waals surface area contributed by atoms with Crippen LogP contribution < -0.4 is 4.74 Å². The molecule has 100 valence electrons. The molecule has 1 aromatic heterocycles. The largest absolute Gasteiger partial charge is 0.496 e. The molecular formula is C17H14O2S.